The van der Waals surface area contributed by atoms with E-state index in [4.69, 9.17) is 9.88 Å². The molecule has 1 aliphatic rings. The minimum absolute atomic E-state index is 0.134. The summed E-state index contributed by atoms with van der Waals surface area (Å²) in [5, 5.41) is 7.53. The van der Waals surface area contributed by atoms with Gasteiger partial charge in [0.15, 0.2) is 0 Å². The number of carbonyl (C=O) groups excluding carboxylic acids is 1. The molecule has 2 rings (SSSR count). The lowest BCUT2D eigenvalue weighted by molar-refractivity contribution is 0.0953. The Balaban J connectivity index is 1.87. The summed E-state index contributed by atoms with van der Waals surface area (Å²) in [6, 6.07) is 5.28. The number of hydrogen-bond donors (Lipinski definition) is 2. The molecule has 6 nitrogen and oxygen atoms in total. The summed E-state index contributed by atoms with van der Waals surface area (Å²) < 4.78 is 26.8. The number of carbonyl (C=O) groups is 1. The van der Waals surface area contributed by atoms with Crippen LogP contribution in [-0.4, -0.2) is 33.2 Å². The van der Waals surface area contributed by atoms with Crippen molar-refractivity contribution in [1.82, 2.24) is 5.32 Å². The van der Waals surface area contributed by atoms with Crippen molar-refractivity contribution in [2.45, 2.75) is 12.8 Å². The van der Waals surface area contributed by atoms with Gasteiger partial charge in [-0.05, 0) is 30.2 Å². The Morgan fingerprint density at radius 3 is 2.95 bits per heavy atom. The summed E-state index contributed by atoms with van der Waals surface area (Å²) in [5.74, 6) is 0.473. The van der Waals surface area contributed by atoms with E-state index in [0.717, 1.165) is 17.7 Å². The molecule has 1 aromatic carbocycles. The van der Waals surface area contributed by atoms with Crippen LogP contribution in [0.2, 0.25) is 0 Å². The van der Waals surface area contributed by atoms with Crippen LogP contribution in [0.15, 0.2) is 18.2 Å². The van der Waals surface area contributed by atoms with Crippen LogP contribution in [0.1, 0.15) is 22.3 Å². The molecule has 19 heavy (non-hydrogen) atoms. The van der Waals surface area contributed by atoms with E-state index < -0.39 is 10.0 Å². The van der Waals surface area contributed by atoms with Gasteiger partial charge in [-0.2, -0.15) is 0 Å². The number of hydrogen-bond acceptors (Lipinski definition) is 4. The fourth-order valence-electron chi connectivity index (χ4n) is 1.91. The number of sulfonamides is 1. The van der Waals surface area contributed by atoms with Gasteiger partial charge in [0, 0.05) is 18.5 Å². The molecule has 0 spiro atoms. The summed E-state index contributed by atoms with van der Waals surface area (Å²) in [6.45, 7) is 0.928. The van der Waals surface area contributed by atoms with Crippen molar-refractivity contribution < 1.29 is 17.9 Å². The van der Waals surface area contributed by atoms with Gasteiger partial charge in [0.1, 0.15) is 5.75 Å². The summed E-state index contributed by atoms with van der Waals surface area (Å²) >= 11 is 0. The van der Waals surface area contributed by atoms with Gasteiger partial charge in [0.25, 0.3) is 5.91 Å². The number of fused-ring (bicyclic) bond motifs is 1. The van der Waals surface area contributed by atoms with Gasteiger partial charge < -0.3 is 10.1 Å². The summed E-state index contributed by atoms with van der Waals surface area (Å²) in [5.41, 5.74) is 1.58. The van der Waals surface area contributed by atoms with E-state index in [1.165, 1.54) is 0 Å². The summed E-state index contributed by atoms with van der Waals surface area (Å²) in [7, 11) is -3.46. The zero-order valence-electron chi connectivity index (χ0n) is 10.4. The molecule has 1 aromatic rings. The lowest BCUT2D eigenvalue weighted by Gasteiger charge is -2.06. The fraction of sp³-hybridized carbons (Fsp3) is 0.417. The Labute approximate surface area is 112 Å². The predicted octanol–water partition coefficient (Wildman–Crippen LogP) is 0.0299. The van der Waals surface area contributed by atoms with Crippen molar-refractivity contribution in [3.63, 3.8) is 0 Å². The highest BCUT2D eigenvalue weighted by atomic mass is 32.2. The first-order chi connectivity index (χ1) is 8.96. The molecule has 0 atom stereocenters. The van der Waals surface area contributed by atoms with E-state index >= 15 is 0 Å². The molecule has 0 aliphatic carbocycles. The van der Waals surface area contributed by atoms with E-state index in [1.807, 2.05) is 0 Å². The molecule has 0 saturated heterocycles. The maximum atomic E-state index is 11.8. The van der Waals surface area contributed by atoms with Crippen LogP contribution in [0.5, 0.6) is 5.75 Å². The van der Waals surface area contributed by atoms with Crippen LogP contribution in [0.3, 0.4) is 0 Å². The predicted molar refractivity (Wildman–Crippen MR) is 70.6 cm³/mol. The van der Waals surface area contributed by atoms with Crippen molar-refractivity contribution in [3.8, 4) is 5.75 Å². The Morgan fingerprint density at radius 1 is 1.42 bits per heavy atom. The third-order valence-electron chi connectivity index (χ3n) is 2.84. The third kappa shape index (κ3) is 3.93. The maximum Gasteiger partial charge on any atom is 0.251 e. The quantitative estimate of drug-likeness (QED) is 0.745. The Kier molecular flexibility index (Phi) is 4.06. The second-order valence-corrected chi connectivity index (χ2v) is 6.13. The number of nitrogens with two attached hydrogens (primary N) is 1. The first kappa shape index (κ1) is 13.8. The van der Waals surface area contributed by atoms with Crippen LogP contribution >= 0.6 is 0 Å². The van der Waals surface area contributed by atoms with Crippen molar-refractivity contribution in [2.24, 2.45) is 5.14 Å². The van der Waals surface area contributed by atoms with Crippen LogP contribution < -0.4 is 15.2 Å². The van der Waals surface area contributed by atoms with E-state index in [1.54, 1.807) is 18.2 Å². The second-order valence-electron chi connectivity index (χ2n) is 4.40. The molecule has 0 saturated carbocycles. The molecule has 0 bridgehead atoms. The average Bonchev–Trinajstić information content (AvgIpc) is 2.80. The van der Waals surface area contributed by atoms with Gasteiger partial charge in [-0.1, -0.05) is 0 Å². The van der Waals surface area contributed by atoms with Crippen LogP contribution in [0.4, 0.5) is 0 Å². The van der Waals surface area contributed by atoms with Gasteiger partial charge in [-0.15, -0.1) is 0 Å². The Hall–Kier alpha value is -1.60. The van der Waals surface area contributed by atoms with E-state index in [-0.39, 0.29) is 18.2 Å². The zero-order chi connectivity index (χ0) is 13.9. The van der Waals surface area contributed by atoms with Gasteiger partial charge in [-0.3, -0.25) is 4.79 Å². The van der Waals surface area contributed by atoms with Gasteiger partial charge >= 0.3 is 0 Å². The third-order valence-corrected chi connectivity index (χ3v) is 3.70. The molecule has 0 aromatic heterocycles. The number of nitrogens with one attached hydrogen (secondary N) is 1. The molecule has 0 unspecified atom stereocenters. The molecular weight excluding hydrogens is 268 g/mol. The first-order valence-corrected chi connectivity index (χ1v) is 7.72. The molecule has 1 aliphatic heterocycles. The van der Waals surface area contributed by atoms with Crippen molar-refractivity contribution >= 4 is 15.9 Å². The lowest BCUT2D eigenvalue weighted by atomic mass is 10.1. The monoisotopic (exact) mass is 284 g/mol. The molecule has 3 N–H and O–H groups in total. The standard InChI is InChI=1S/C12H16N2O4S/c13-19(16,17)7-1-5-14-12(15)10-2-3-11-9(8-10)4-6-18-11/h2-3,8H,1,4-7H2,(H,14,15)(H2,13,16,17). The zero-order valence-corrected chi connectivity index (χ0v) is 11.2. The highest BCUT2D eigenvalue weighted by Crippen LogP contribution is 2.25. The van der Waals surface area contributed by atoms with E-state index in [9.17, 15) is 13.2 Å². The first-order valence-electron chi connectivity index (χ1n) is 6.00. The summed E-state index contributed by atoms with van der Waals surface area (Å²) in [4.78, 5) is 11.8. The number of rotatable bonds is 5. The number of primary sulfonamides is 1. The largest absolute Gasteiger partial charge is 0.493 e. The minimum atomic E-state index is -3.46. The Morgan fingerprint density at radius 2 is 2.21 bits per heavy atom. The molecule has 1 heterocycles. The number of ether oxygens (including phenoxy) is 1. The molecule has 104 valence electrons. The SMILES string of the molecule is NS(=O)(=O)CCCNC(=O)c1ccc2c(c1)CCO2. The number of amides is 1. The average molecular weight is 284 g/mol. The molecule has 7 heteroatoms. The smallest absolute Gasteiger partial charge is 0.251 e. The molecule has 1 amide bonds. The van der Waals surface area contributed by atoms with Gasteiger partial charge in [-0.25, -0.2) is 13.6 Å². The Bertz CT molecular complexity index is 583. The highest BCUT2D eigenvalue weighted by molar-refractivity contribution is 7.89. The van der Waals surface area contributed by atoms with Crippen LogP contribution in [-0.2, 0) is 16.4 Å². The summed E-state index contributed by atoms with van der Waals surface area (Å²) in [6.07, 6.45) is 1.11. The second kappa shape index (κ2) is 5.58. The van der Waals surface area contributed by atoms with E-state index in [2.05, 4.69) is 5.32 Å². The van der Waals surface area contributed by atoms with Gasteiger partial charge in [0.05, 0.1) is 12.4 Å². The van der Waals surface area contributed by atoms with Crippen molar-refractivity contribution in [1.29, 1.82) is 0 Å². The normalized spacial score (nSPS) is 13.7. The van der Waals surface area contributed by atoms with E-state index in [0.29, 0.717) is 18.6 Å². The van der Waals surface area contributed by atoms with Crippen LogP contribution in [0, 0.1) is 0 Å². The van der Waals surface area contributed by atoms with Crippen LogP contribution in [0.25, 0.3) is 0 Å². The van der Waals surface area contributed by atoms with Crippen molar-refractivity contribution in [3.05, 3.63) is 29.3 Å². The van der Waals surface area contributed by atoms with Crippen molar-refractivity contribution in [2.75, 3.05) is 18.9 Å². The fourth-order valence-corrected chi connectivity index (χ4v) is 2.45. The minimum Gasteiger partial charge on any atom is -0.493 e. The molecule has 0 radical (unpaired) electrons. The van der Waals surface area contributed by atoms with Gasteiger partial charge in [0.2, 0.25) is 10.0 Å². The molecular formula is C12H16N2O4S. The molecule has 0 fully saturated rings. The topological polar surface area (TPSA) is 98.5 Å². The lowest BCUT2D eigenvalue weighted by Crippen LogP contribution is -2.27. The highest BCUT2D eigenvalue weighted by Gasteiger charge is 2.14. The maximum absolute atomic E-state index is 11.8. The number of benzene rings is 1.